The van der Waals surface area contributed by atoms with E-state index in [2.05, 4.69) is 20.5 Å². The van der Waals surface area contributed by atoms with Crippen molar-refractivity contribution in [1.29, 1.82) is 0 Å². The van der Waals surface area contributed by atoms with Crippen LogP contribution in [0.1, 0.15) is 54.5 Å². The molecule has 2 rings (SSSR count). The van der Waals surface area contributed by atoms with Crippen molar-refractivity contribution >= 4 is 17.4 Å². The number of carbonyl (C=O) groups excluding carboxylic acids is 2. The molecule has 0 saturated carbocycles. The van der Waals surface area contributed by atoms with Gasteiger partial charge in [-0.2, -0.15) is 0 Å². The van der Waals surface area contributed by atoms with Gasteiger partial charge < -0.3 is 5.32 Å². The zero-order chi connectivity index (χ0) is 15.6. The number of nitrogens with one attached hydrogen (secondary N) is 2. The second kappa shape index (κ2) is 5.47. The molecule has 1 heterocycles. The lowest BCUT2D eigenvalue weighted by Crippen LogP contribution is -2.16. The third kappa shape index (κ3) is 3.53. The van der Waals surface area contributed by atoms with Gasteiger partial charge in [0.15, 0.2) is 5.78 Å². The van der Waals surface area contributed by atoms with Crippen molar-refractivity contribution in [3.05, 3.63) is 41.5 Å². The molecule has 21 heavy (non-hydrogen) atoms. The summed E-state index contributed by atoms with van der Waals surface area (Å²) in [6.07, 6.45) is 0. The van der Waals surface area contributed by atoms with Crippen molar-refractivity contribution in [2.45, 2.75) is 33.1 Å². The third-order valence-corrected chi connectivity index (χ3v) is 2.95. The van der Waals surface area contributed by atoms with Crippen LogP contribution in [0, 0.1) is 0 Å². The molecule has 0 atom stereocenters. The number of hydrogen-bond acceptors (Lipinski definition) is 4. The number of amides is 1. The molecule has 1 aromatic heterocycles. The Morgan fingerprint density at radius 2 is 1.76 bits per heavy atom. The van der Waals surface area contributed by atoms with Crippen molar-refractivity contribution in [3.8, 4) is 0 Å². The molecule has 0 aliphatic rings. The fourth-order valence-corrected chi connectivity index (χ4v) is 1.67. The van der Waals surface area contributed by atoms with E-state index in [4.69, 9.17) is 0 Å². The minimum atomic E-state index is -0.391. The van der Waals surface area contributed by atoms with Crippen LogP contribution in [-0.2, 0) is 5.41 Å². The molecule has 0 radical (unpaired) electrons. The SMILES string of the molecule is CC(=O)c1ccc(NC(=O)c2n[nH]c(C(C)(C)C)n2)cc1. The number of ketones is 1. The third-order valence-electron chi connectivity index (χ3n) is 2.95. The van der Waals surface area contributed by atoms with Gasteiger partial charge in [-0.15, -0.1) is 5.10 Å². The molecule has 6 nitrogen and oxygen atoms in total. The molecule has 1 amide bonds. The number of H-pyrrole nitrogens is 1. The Labute approximate surface area is 123 Å². The smallest absolute Gasteiger partial charge is 0.295 e. The first-order valence-corrected chi connectivity index (χ1v) is 6.62. The van der Waals surface area contributed by atoms with E-state index in [1.165, 1.54) is 6.92 Å². The van der Waals surface area contributed by atoms with Crippen LogP contribution < -0.4 is 5.32 Å². The number of Topliss-reactive ketones (excluding diaryl/α,β-unsaturated/α-hetero) is 1. The number of nitrogens with zero attached hydrogens (tertiary/aromatic N) is 2. The van der Waals surface area contributed by atoms with Crippen molar-refractivity contribution in [2.24, 2.45) is 0 Å². The first-order valence-electron chi connectivity index (χ1n) is 6.62. The molecule has 1 aromatic carbocycles. The molecule has 110 valence electrons. The van der Waals surface area contributed by atoms with Gasteiger partial charge in [-0.25, -0.2) is 4.98 Å². The Morgan fingerprint density at radius 1 is 1.14 bits per heavy atom. The minimum Gasteiger partial charge on any atom is -0.319 e. The fraction of sp³-hybridized carbons (Fsp3) is 0.333. The van der Waals surface area contributed by atoms with E-state index in [0.29, 0.717) is 17.1 Å². The monoisotopic (exact) mass is 286 g/mol. The lowest BCUT2D eigenvalue weighted by Gasteiger charge is -2.12. The van der Waals surface area contributed by atoms with Crippen LogP contribution in [0.15, 0.2) is 24.3 Å². The first kappa shape index (κ1) is 14.9. The summed E-state index contributed by atoms with van der Waals surface area (Å²) >= 11 is 0. The number of rotatable bonds is 3. The van der Waals surface area contributed by atoms with Crippen LogP contribution in [-0.4, -0.2) is 26.9 Å². The van der Waals surface area contributed by atoms with Crippen molar-refractivity contribution in [2.75, 3.05) is 5.32 Å². The molecule has 0 saturated heterocycles. The van der Waals surface area contributed by atoms with E-state index in [0.717, 1.165) is 0 Å². The van der Waals surface area contributed by atoms with Crippen LogP contribution in [0.4, 0.5) is 5.69 Å². The number of aromatic amines is 1. The molecule has 0 unspecified atom stereocenters. The normalized spacial score (nSPS) is 11.2. The highest BCUT2D eigenvalue weighted by Gasteiger charge is 2.21. The van der Waals surface area contributed by atoms with E-state index in [1.54, 1.807) is 24.3 Å². The van der Waals surface area contributed by atoms with E-state index < -0.39 is 5.91 Å². The summed E-state index contributed by atoms with van der Waals surface area (Å²) in [5, 5.41) is 9.39. The van der Waals surface area contributed by atoms with Gasteiger partial charge in [-0.1, -0.05) is 20.8 Å². The van der Waals surface area contributed by atoms with E-state index in [-0.39, 0.29) is 17.0 Å². The van der Waals surface area contributed by atoms with E-state index >= 15 is 0 Å². The number of benzene rings is 1. The quantitative estimate of drug-likeness (QED) is 0.849. The van der Waals surface area contributed by atoms with Gasteiger partial charge in [0.2, 0.25) is 5.82 Å². The summed E-state index contributed by atoms with van der Waals surface area (Å²) in [7, 11) is 0. The summed E-state index contributed by atoms with van der Waals surface area (Å²) in [6, 6.07) is 6.67. The standard InChI is InChI=1S/C15H18N4O2/c1-9(20)10-5-7-11(8-6-10)16-13(21)12-17-14(19-18-12)15(2,3)4/h5-8H,1-4H3,(H,16,21)(H,17,18,19). The Kier molecular flexibility index (Phi) is 3.88. The average Bonchev–Trinajstić information content (AvgIpc) is 2.88. The Hall–Kier alpha value is -2.50. The molecule has 0 spiro atoms. The molecule has 0 bridgehead atoms. The number of anilines is 1. The van der Waals surface area contributed by atoms with Crippen molar-refractivity contribution in [3.63, 3.8) is 0 Å². The van der Waals surface area contributed by atoms with Gasteiger partial charge in [0.1, 0.15) is 5.82 Å². The summed E-state index contributed by atoms with van der Waals surface area (Å²) in [4.78, 5) is 27.4. The highest BCUT2D eigenvalue weighted by atomic mass is 16.2. The Bertz CT molecular complexity index is 666. The van der Waals surface area contributed by atoms with Gasteiger partial charge in [-0.05, 0) is 31.2 Å². The van der Waals surface area contributed by atoms with Crippen molar-refractivity contribution in [1.82, 2.24) is 15.2 Å². The number of hydrogen-bond donors (Lipinski definition) is 2. The summed E-state index contributed by atoms with van der Waals surface area (Å²) in [5.41, 5.74) is 0.988. The Balaban J connectivity index is 2.11. The maximum absolute atomic E-state index is 12.1. The molecule has 0 aliphatic heterocycles. The maximum Gasteiger partial charge on any atom is 0.295 e. The summed E-state index contributed by atoms with van der Waals surface area (Å²) in [6.45, 7) is 7.44. The zero-order valence-electron chi connectivity index (χ0n) is 12.5. The Morgan fingerprint density at radius 3 is 2.24 bits per heavy atom. The van der Waals surface area contributed by atoms with Crippen LogP contribution in [0.3, 0.4) is 0 Å². The molecular formula is C15H18N4O2. The van der Waals surface area contributed by atoms with Gasteiger partial charge in [0.25, 0.3) is 5.91 Å². The predicted octanol–water partition coefficient (Wildman–Crippen LogP) is 2.56. The van der Waals surface area contributed by atoms with Crippen LogP contribution in [0.25, 0.3) is 0 Å². The molecular weight excluding hydrogens is 268 g/mol. The molecule has 2 N–H and O–H groups in total. The predicted molar refractivity (Wildman–Crippen MR) is 79.5 cm³/mol. The van der Waals surface area contributed by atoms with Gasteiger partial charge in [0.05, 0.1) is 0 Å². The number of aromatic nitrogens is 3. The largest absolute Gasteiger partial charge is 0.319 e. The highest BCUT2D eigenvalue weighted by molar-refractivity contribution is 6.02. The minimum absolute atomic E-state index is 0.0170. The molecule has 2 aromatic rings. The second-order valence-electron chi connectivity index (χ2n) is 5.85. The zero-order valence-corrected chi connectivity index (χ0v) is 12.5. The molecule has 6 heteroatoms. The van der Waals surface area contributed by atoms with Gasteiger partial charge in [0, 0.05) is 16.7 Å². The topological polar surface area (TPSA) is 87.7 Å². The fourth-order valence-electron chi connectivity index (χ4n) is 1.67. The average molecular weight is 286 g/mol. The van der Waals surface area contributed by atoms with Crippen LogP contribution >= 0.6 is 0 Å². The van der Waals surface area contributed by atoms with Gasteiger partial charge in [-0.3, -0.25) is 14.7 Å². The molecule has 0 fully saturated rings. The lowest BCUT2D eigenvalue weighted by atomic mass is 9.96. The van der Waals surface area contributed by atoms with E-state index in [9.17, 15) is 9.59 Å². The summed E-state index contributed by atoms with van der Waals surface area (Å²) in [5.74, 6) is 0.337. The first-order chi connectivity index (χ1) is 9.77. The van der Waals surface area contributed by atoms with Gasteiger partial charge >= 0.3 is 0 Å². The maximum atomic E-state index is 12.1. The summed E-state index contributed by atoms with van der Waals surface area (Å²) < 4.78 is 0. The van der Waals surface area contributed by atoms with Crippen LogP contribution in [0.5, 0.6) is 0 Å². The second-order valence-corrected chi connectivity index (χ2v) is 5.85. The number of carbonyl (C=O) groups is 2. The van der Waals surface area contributed by atoms with Crippen LogP contribution in [0.2, 0.25) is 0 Å². The lowest BCUT2D eigenvalue weighted by molar-refractivity contribution is 0.101. The molecule has 0 aliphatic carbocycles. The van der Waals surface area contributed by atoms with E-state index in [1.807, 2.05) is 20.8 Å². The highest BCUT2D eigenvalue weighted by Crippen LogP contribution is 2.17. The van der Waals surface area contributed by atoms with Crippen molar-refractivity contribution < 1.29 is 9.59 Å².